The highest BCUT2D eigenvalue weighted by atomic mass is 19.4. The molecule has 4 fully saturated rings. The van der Waals surface area contributed by atoms with Crippen molar-refractivity contribution in [2.24, 2.45) is 23.2 Å². The fourth-order valence-corrected chi connectivity index (χ4v) is 7.55. The molecule has 1 spiro atoms. The zero-order valence-corrected chi connectivity index (χ0v) is 22.7. The van der Waals surface area contributed by atoms with Crippen LogP contribution in [0.25, 0.3) is 11.3 Å². The molecule has 1 aromatic heterocycles. The number of aromatic nitrogens is 1. The summed E-state index contributed by atoms with van der Waals surface area (Å²) in [7, 11) is 0. The first-order valence-electron chi connectivity index (χ1n) is 14.3. The number of hydrogen-bond donors (Lipinski definition) is 2. The van der Waals surface area contributed by atoms with Crippen LogP contribution in [-0.2, 0) is 22.3 Å². The van der Waals surface area contributed by atoms with Crippen molar-refractivity contribution in [1.82, 2.24) is 5.16 Å². The number of nitrogens with zero attached hydrogens (tertiary/aromatic N) is 1. The van der Waals surface area contributed by atoms with E-state index in [1.54, 1.807) is 0 Å². The Morgan fingerprint density at radius 3 is 2.47 bits per heavy atom. The maximum atomic E-state index is 14.6. The van der Waals surface area contributed by atoms with Crippen LogP contribution in [0.2, 0.25) is 0 Å². The summed E-state index contributed by atoms with van der Waals surface area (Å²) in [5.74, 6) is -3.26. The Balaban J connectivity index is 1.07. The molecular formula is C31H27F5N2O5. The average Bonchev–Trinajstić information content (AvgIpc) is 3.85. The van der Waals surface area contributed by atoms with Gasteiger partial charge >= 0.3 is 12.1 Å². The molecule has 4 saturated carbocycles. The molecule has 4 aliphatic carbocycles. The van der Waals surface area contributed by atoms with Crippen LogP contribution in [-0.4, -0.2) is 28.2 Å². The van der Waals surface area contributed by atoms with Crippen LogP contribution >= 0.6 is 0 Å². The van der Waals surface area contributed by atoms with E-state index in [9.17, 15) is 31.5 Å². The normalized spacial score (nSPS) is 27.6. The number of anilines is 1. The van der Waals surface area contributed by atoms with Crippen molar-refractivity contribution < 1.29 is 45.9 Å². The molecule has 2 N–H and O–H groups in total. The second-order valence-corrected chi connectivity index (χ2v) is 12.1. The van der Waals surface area contributed by atoms with Gasteiger partial charge in [0.2, 0.25) is 5.91 Å². The number of halogens is 5. The molecule has 2 aromatic carbocycles. The molecule has 12 heteroatoms. The Morgan fingerprint density at radius 1 is 1.09 bits per heavy atom. The van der Waals surface area contributed by atoms with E-state index < -0.39 is 52.4 Å². The molecule has 7 nitrogen and oxygen atoms in total. The van der Waals surface area contributed by atoms with Crippen LogP contribution in [0.5, 0.6) is 0 Å². The Kier molecular flexibility index (Phi) is 6.42. The summed E-state index contributed by atoms with van der Waals surface area (Å²) in [6.45, 7) is 0.0251. The van der Waals surface area contributed by atoms with Crippen LogP contribution < -0.4 is 5.32 Å². The lowest BCUT2D eigenvalue weighted by molar-refractivity contribution is -0.137. The van der Waals surface area contributed by atoms with Crippen molar-refractivity contribution in [2.45, 2.75) is 63.3 Å². The second-order valence-electron chi connectivity index (χ2n) is 12.1. The van der Waals surface area contributed by atoms with Crippen molar-refractivity contribution in [3.63, 3.8) is 0 Å². The number of benzene rings is 2. The van der Waals surface area contributed by atoms with E-state index in [1.165, 1.54) is 6.07 Å². The van der Waals surface area contributed by atoms with Gasteiger partial charge in [-0.05, 0) is 86.1 Å². The predicted molar refractivity (Wildman–Crippen MR) is 141 cm³/mol. The van der Waals surface area contributed by atoms with Crippen LogP contribution in [0.4, 0.5) is 27.6 Å². The van der Waals surface area contributed by atoms with Crippen LogP contribution in [0, 0.1) is 34.8 Å². The van der Waals surface area contributed by atoms with E-state index in [1.807, 2.05) is 0 Å². The molecule has 0 saturated heterocycles. The van der Waals surface area contributed by atoms with E-state index in [0.29, 0.717) is 30.2 Å². The molecule has 5 unspecified atom stereocenters. The number of carbonyl (C=O) groups is 2. The average molecular weight is 603 g/mol. The summed E-state index contributed by atoms with van der Waals surface area (Å²) < 4.78 is 82.2. The van der Waals surface area contributed by atoms with Crippen molar-refractivity contribution in [2.75, 3.05) is 5.32 Å². The summed E-state index contributed by atoms with van der Waals surface area (Å²) in [4.78, 5) is 24.6. The van der Waals surface area contributed by atoms with Gasteiger partial charge in [0, 0.05) is 17.4 Å². The topological polar surface area (TPSA) is 102 Å². The fraction of sp³-hybridized carbons (Fsp3) is 0.452. The monoisotopic (exact) mass is 602 g/mol. The van der Waals surface area contributed by atoms with Crippen molar-refractivity contribution in [1.29, 1.82) is 0 Å². The maximum Gasteiger partial charge on any atom is 0.418 e. The number of alkyl halides is 3. The SMILES string of the molecule is O=C(O)c1ccc(NC(=O)C2C3CC(OCc4c(-c5c(F)cccc5F)noc4C4CC4)CC4CCC432)c(C(F)(F)F)c1. The van der Waals surface area contributed by atoms with Crippen molar-refractivity contribution in [3.8, 4) is 11.3 Å². The molecule has 7 rings (SSSR count). The number of carboxylic acids is 1. The van der Waals surface area contributed by atoms with Crippen molar-refractivity contribution >= 4 is 17.6 Å². The van der Waals surface area contributed by atoms with Crippen LogP contribution in [0.3, 0.4) is 0 Å². The zero-order valence-electron chi connectivity index (χ0n) is 22.7. The minimum atomic E-state index is -4.85. The molecule has 4 aliphatic rings. The smallest absolute Gasteiger partial charge is 0.418 e. The number of rotatable bonds is 8. The number of nitrogens with one attached hydrogen (secondary N) is 1. The van der Waals surface area contributed by atoms with Crippen LogP contribution in [0.15, 0.2) is 40.9 Å². The molecule has 43 heavy (non-hydrogen) atoms. The molecular weight excluding hydrogens is 575 g/mol. The van der Waals surface area contributed by atoms with Gasteiger partial charge in [0.05, 0.1) is 35.1 Å². The summed E-state index contributed by atoms with van der Waals surface area (Å²) in [6.07, 6.45) is -0.513. The van der Waals surface area contributed by atoms with Gasteiger partial charge < -0.3 is 19.7 Å². The highest BCUT2D eigenvalue weighted by Gasteiger charge is 2.76. The lowest BCUT2D eigenvalue weighted by Crippen LogP contribution is -2.39. The highest BCUT2D eigenvalue weighted by molar-refractivity contribution is 5.97. The minimum Gasteiger partial charge on any atom is -0.478 e. The summed E-state index contributed by atoms with van der Waals surface area (Å²) in [6, 6.07) is 6.11. The molecule has 1 amide bonds. The maximum absolute atomic E-state index is 14.6. The van der Waals surface area contributed by atoms with E-state index in [-0.39, 0.29) is 47.1 Å². The number of carboxylic acid groups (broad SMARTS) is 1. The van der Waals surface area contributed by atoms with Gasteiger partial charge in [-0.3, -0.25) is 4.79 Å². The summed E-state index contributed by atoms with van der Waals surface area (Å²) in [5.41, 5.74) is -2.18. The Labute approximate surface area is 242 Å². The van der Waals surface area contributed by atoms with E-state index >= 15 is 0 Å². The largest absolute Gasteiger partial charge is 0.478 e. The Hall–Kier alpha value is -3.80. The standard InChI is InChI=1S/C31H27F5N2O5/c32-21-2-1-3-22(33)24(21)26-18(27(43-38-26)14-4-5-14)13-42-17-11-16-8-9-30(16)20(12-17)25(30)28(39)37-23-7-6-15(29(40)41)10-19(23)31(34,35)36/h1-3,6-7,10,14,16-17,20,25H,4-5,8-9,11-13H2,(H,37,39)(H,40,41). The highest BCUT2D eigenvalue weighted by Crippen LogP contribution is 2.77. The first kappa shape index (κ1) is 28.0. The molecule has 0 aliphatic heterocycles. The molecule has 3 aromatic rings. The molecule has 0 radical (unpaired) electrons. The van der Waals surface area contributed by atoms with Gasteiger partial charge in [0.15, 0.2) is 0 Å². The first-order valence-corrected chi connectivity index (χ1v) is 14.3. The third-order valence-corrected chi connectivity index (χ3v) is 9.85. The number of ether oxygens (including phenoxy) is 1. The van der Waals surface area contributed by atoms with Gasteiger partial charge in [-0.1, -0.05) is 11.2 Å². The Bertz CT molecular complexity index is 1610. The van der Waals surface area contributed by atoms with Gasteiger partial charge in [-0.2, -0.15) is 13.2 Å². The zero-order chi connectivity index (χ0) is 30.3. The number of hydrogen-bond acceptors (Lipinski definition) is 5. The number of aromatic carboxylic acids is 1. The lowest BCUT2D eigenvalue weighted by Gasteiger charge is -2.44. The third-order valence-electron chi connectivity index (χ3n) is 9.85. The molecule has 1 heterocycles. The third kappa shape index (κ3) is 4.61. The van der Waals surface area contributed by atoms with Gasteiger partial charge in [-0.15, -0.1) is 0 Å². The van der Waals surface area contributed by atoms with E-state index in [2.05, 4.69) is 10.5 Å². The van der Waals surface area contributed by atoms with Gasteiger partial charge in [-0.25, -0.2) is 13.6 Å². The molecule has 5 atom stereocenters. The lowest BCUT2D eigenvalue weighted by atomic mass is 9.62. The molecule has 0 bridgehead atoms. The fourth-order valence-electron chi connectivity index (χ4n) is 7.55. The first-order chi connectivity index (χ1) is 20.5. The molecule has 226 valence electrons. The summed E-state index contributed by atoms with van der Waals surface area (Å²) >= 11 is 0. The number of amides is 1. The second kappa shape index (κ2) is 9.87. The number of carbonyl (C=O) groups excluding carboxylic acids is 1. The van der Waals surface area contributed by atoms with Gasteiger partial charge in [0.25, 0.3) is 0 Å². The van der Waals surface area contributed by atoms with Gasteiger partial charge in [0.1, 0.15) is 23.1 Å². The minimum absolute atomic E-state index is 0.0251. The van der Waals surface area contributed by atoms with Crippen molar-refractivity contribution in [3.05, 3.63) is 70.5 Å². The van der Waals surface area contributed by atoms with E-state index in [4.69, 9.17) is 14.4 Å². The van der Waals surface area contributed by atoms with Crippen LogP contribution in [0.1, 0.15) is 71.7 Å². The predicted octanol–water partition coefficient (Wildman–Crippen LogP) is 7.17. The van der Waals surface area contributed by atoms with E-state index in [0.717, 1.165) is 49.9 Å². The Morgan fingerprint density at radius 2 is 1.84 bits per heavy atom. The quantitative estimate of drug-likeness (QED) is 0.265. The summed E-state index contributed by atoms with van der Waals surface area (Å²) in [5, 5.41) is 15.6.